The second-order valence-electron chi connectivity index (χ2n) is 9.97. The van der Waals surface area contributed by atoms with Crippen molar-refractivity contribution in [1.29, 1.82) is 5.26 Å². The van der Waals surface area contributed by atoms with Crippen LogP contribution in [0.1, 0.15) is 54.6 Å². The van der Waals surface area contributed by atoms with Crippen LogP contribution in [0.3, 0.4) is 0 Å². The Bertz CT molecular complexity index is 1270. The van der Waals surface area contributed by atoms with E-state index in [1.54, 1.807) is 11.3 Å². The molecule has 0 saturated heterocycles. The van der Waals surface area contributed by atoms with Crippen molar-refractivity contribution in [3.8, 4) is 11.8 Å². The topological polar surface area (TPSA) is 92.8 Å². The van der Waals surface area contributed by atoms with Crippen molar-refractivity contribution >= 4 is 34.0 Å². The van der Waals surface area contributed by atoms with E-state index in [0.717, 1.165) is 36.1 Å². The van der Waals surface area contributed by atoms with Gasteiger partial charge in [0.05, 0.1) is 11.3 Å². The predicted molar refractivity (Wildman–Crippen MR) is 140 cm³/mol. The fourth-order valence-corrected chi connectivity index (χ4v) is 6.31. The third-order valence-corrected chi connectivity index (χ3v) is 8.75. The summed E-state index contributed by atoms with van der Waals surface area (Å²) in [7, 11) is 1.86. The number of hydrogen-bond acceptors (Lipinski definition) is 7. The van der Waals surface area contributed by atoms with Crippen LogP contribution >= 0.6 is 23.1 Å². The van der Waals surface area contributed by atoms with Crippen molar-refractivity contribution in [1.82, 2.24) is 14.8 Å². The molecule has 1 aliphatic rings. The number of fused-ring (bicyclic) bond motifs is 1. The van der Waals surface area contributed by atoms with E-state index in [-0.39, 0.29) is 17.1 Å². The van der Waals surface area contributed by atoms with Gasteiger partial charge in [0.25, 0.3) is 0 Å². The molecule has 1 N–H and O–H groups in total. The van der Waals surface area contributed by atoms with Gasteiger partial charge in [-0.2, -0.15) is 5.26 Å². The molecule has 9 heteroatoms. The van der Waals surface area contributed by atoms with Crippen molar-refractivity contribution in [2.75, 3.05) is 11.1 Å². The lowest BCUT2D eigenvalue weighted by atomic mass is 9.72. The lowest BCUT2D eigenvalue weighted by molar-refractivity contribution is -0.113. The molecule has 0 fully saturated rings. The summed E-state index contributed by atoms with van der Waals surface area (Å²) in [5.41, 5.74) is 3.04. The van der Waals surface area contributed by atoms with E-state index in [1.807, 2.05) is 42.8 Å². The van der Waals surface area contributed by atoms with Gasteiger partial charge in [0.15, 0.2) is 11.0 Å². The zero-order chi connectivity index (χ0) is 25.2. The van der Waals surface area contributed by atoms with Gasteiger partial charge in [0, 0.05) is 11.9 Å². The third-order valence-electron chi connectivity index (χ3n) is 6.56. The van der Waals surface area contributed by atoms with Gasteiger partial charge >= 0.3 is 0 Å². The van der Waals surface area contributed by atoms with Crippen molar-refractivity contribution in [3.63, 3.8) is 0 Å². The van der Waals surface area contributed by atoms with Crippen LogP contribution in [0, 0.1) is 29.6 Å². The van der Waals surface area contributed by atoms with E-state index in [0.29, 0.717) is 34.1 Å². The van der Waals surface area contributed by atoms with Gasteiger partial charge in [0.1, 0.15) is 23.4 Å². The number of amides is 1. The number of thiophene rings is 1. The van der Waals surface area contributed by atoms with Crippen LogP contribution in [0.15, 0.2) is 29.4 Å². The number of aromatic nitrogens is 3. The van der Waals surface area contributed by atoms with Crippen LogP contribution in [0.2, 0.25) is 0 Å². The Hall–Kier alpha value is -2.83. The van der Waals surface area contributed by atoms with Crippen LogP contribution in [-0.4, -0.2) is 26.4 Å². The average Bonchev–Trinajstić information content (AvgIpc) is 3.35. The third kappa shape index (κ3) is 5.71. The number of nitrogens with zero attached hydrogens (tertiary/aromatic N) is 4. The van der Waals surface area contributed by atoms with E-state index >= 15 is 0 Å². The van der Waals surface area contributed by atoms with Crippen molar-refractivity contribution < 1.29 is 9.53 Å². The van der Waals surface area contributed by atoms with Gasteiger partial charge in [-0.15, -0.1) is 21.5 Å². The number of anilines is 1. The molecule has 0 aliphatic heterocycles. The summed E-state index contributed by atoms with van der Waals surface area (Å²) in [6.07, 6.45) is 2.94. The quantitative estimate of drug-likeness (QED) is 0.422. The lowest BCUT2D eigenvalue weighted by Gasteiger charge is -2.33. The summed E-state index contributed by atoms with van der Waals surface area (Å²) in [5.74, 6) is 2.10. The first-order valence-electron chi connectivity index (χ1n) is 11.7. The Morgan fingerprint density at radius 2 is 2.11 bits per heavy atom. The first kappa shape index (κ1) is 25.3. The fraction of sp³-hybridized carbons (Fsp3) is 0.462. The molecule has 1 unspecified atom stereocenters. The molecule has 184 valence electrons. The predicted octanol–water partition coefficient (Wildman–Crippen LogP) is 5.52. The van der Waals surface area contributed by atoms with E-state index in [1.165, 1.54) is 16.6 Å². The number of carbonyl (C=O) groups excluding carboxylic acids is 1. The number of nitriles is 1. The van der Waals surface area contributed by atoms with Crippen LogP contribution in [0.25, 0.3) is 0 Å². The molecule has 4 rings (SSSR count). The summed E-state index contributed by atoms with van der Waals surface area (Å²) >= 11 is 2.87. The molecule has 0 spiro atoms. The maximum Gasteiger partial charge on any atom is 0.235 e. The number of aryl methyl sites for hydroxylation is 1. The summed E-state index contributed by atoms with van der Waals surface area (Å²) in [6.45, 7) is 9.11. The van der Waals surface area contributed by atoms with Crippen molar-refractivity contribution in [2.24, 2.45) is 18.4 Å². The first-order chi connectivity index (χ1) is 16.7. The van der Waals surface area contributed by atoms with E-state index in [2.05, 4.69) is 42.4 Å². The smallest absolute Gasteiger partial charge is 0.235 e. The normalized spacial score (nSPS) is 15.4. The van der Waals surface area contributed by atoms with E-state index < -0.39 is 0 Å². The highest BCUT2D eigenvalue weighted by molar-refractivity contribution is 7.99. The average molecular weight is 510 g/mol. The van der Waals surface area contributed by atoms with Crippen LogP contribution in [0.5, 0.6) is 5.75 Å². The number of hydrogen-bond donors (Lipinski definition) is 1. The highest BCUT2D eigenvalue weighted by atomic mass is 32.2. The SMILES string of the molecule is Cc1ccccc1OCc1nnc(SCC(=O)Nc2sc3c(c2C#N)CCC(C(C)(C)C)C3)n1C. The van der Waals surface area contributed by atoms with Crippen molar-refractivity contribution in [3.05, 3.63) is 51.7 Å². The van der Waals surface area contributed by atoms with Gasteiger partial charge in [0.2, 0.25) is 5.91 Å². The van der Waals surface area contributed by atoms with Gasteiger partial charge in [-0.3, -0.25) is 4.79 Å². The molecule has 1 aliphatic carbocycles. The minimum atomic E-state index is -0.154. The van der Waals surface area contributed by atoms with Gasteiger partial charge in [-0.05, 0) is 54.7 Å². The Labute approximate surface area is 214 Å². The maximum absolute atomic E-state index is 12.7. The highest BCUT2D eigenvalue weighted by Gasteiger charge is 2.32. The number of rotatable bonds is 7. The molecule has 0 saturated carbocycles. The summed E-state index contributed by atoms with van der Waals surface area (Å²) in [4.78, 5) is 14.0. The Morgan fingerprint density at radius 3 is 2.83 bits per heavy atom. The standard InChI is InChI=1S/C26H31N5O2S2/c1-16-8-6-7-9-20(16)33-14-22-29-30-25(31(22)5)34-15-23(32)28-24-19(13-27)18-11-10-17(26(2,3)4)12-21(18)35-24/h6-9,17H,10-12,14-15H2,1-5H3,(H,28,32). The molecule has 1 aromatic carbocycles. The number of para-hydroxylation sites is 1. The summed E-state index contributed by atoms with van der Waals surface area (Å²) < 4.78 is 7.71. The molecule has 2 aromatic heterocycles. The molecule has 1 atom stereocenters. The van der Waals surface area contributed by atoms with E-state index in [9.17, 15) is 10.1 Å². The number of benzene rings is 1. The van der Waals surface area contributed by atoms with Gasteiger partial charge in [-0.25, -0.2) is 0 Å². The second kappa shape index (κ2) is 10.4. The Kier molecular flexibility index (Phi) is 7.53. The molecule has 7 nitrogen and oxygen atoms in total. The lowest BCUT2D eigenvalue weighted by Crippen LogP contribution is -2.26. The zero-order valence-electron chi connectivity index (χ0n) is 20.8. The minimum absolute atomic E-state index is 0.154. The van der Waals surface area contributed by atoms with Gasteiger partial charge < -0.3 is 14.6 Å². The van der Waals surface area contributed by atoms with Crippen molar-refractivity contribution in [2.45, 2.75) is 58.7 Å². The molecular weight excluding hydrogens is 478 g/mol. The molecule has 0 bridgehead atoms. The molecule has 35 heavy (non-hydrogen) atoms. The summed E-state index contributed by atoms with van der Waals surface area (Å²) in [5, 5.41) is 22.5. The number of ether oxygens (including phenoxy) is 1. The number of nitrogens with one attached hydrogen (secondary N) is 1. The number of carbonyl (C=O) groups is 1. The molecule has 0 radical (unpaired) electrons. The second-order valence-corrected chi connectivity index (χ2v) is 12.0. The minimum Gasteiger partial charge on any atom is -0.485 e. The highest BCUT2D eigenvalue weighted by Crippen LogP contribution is 2.44. The first-order valence-corrected chi connectivity index (χ1v) is 13.5. The molecular formula is C26H31N5O2S2. The Balaban J connectivity index is 1.36. The Morgan fingerprint density at radius 1 is 1.34 bits per heavy atom. The number of thioether (sulfide) groups is 1. The monoisotopic (exact) mass is 509 g/mol. The van der Waals surface area contributed by atoms with Crippen LogP contribution in [-0.2, 0) is 31.3 Å². The molecule has 2 heterocycles. The van der Waals surface area contributed by atoms with Crippen LogP contribution in [0.4, 0.5) is 5.00 Å². The maximum atomic E-state index is 12.7. The molecule has 1 amide bonds. The van der Waals surface area contributed by atoms with Crippen LogP contribution < -0.4 is 10.1 Å². The summed E-state index contributed by atoms with van der Waals surface area (Å²) in [6, 6.07) is 10.2. The largest absolute Gasteiger partial charge is 0.485 e. The van der Waals surface area contributed by atoms with E-state index in [4.69, 9.17) is 4.74 Å². The zero-order valence-corrected chi connectivity index (χ0v) is 22.5. The molecule has 3 aromatic rings. The fourth-order valence-electron chi connectivity index (χ4n) is 4.28. The van der Waals surface area contributed by atoms with Gasteiger partial charge in [-0.1, -0.05) is 50.7 Å².